The lowest BCUT2D eigenvalue weighted by Gasteiger charge is -2.31. The molecule has 21 heavy (non-hydrogen) atoms. The van der Waals surface area contributed by atoms with Gasteiger partial charge in [-0.25, -0.2) is 9.78 Å². The van der Waals surface area contributed by atoms with Crippen LogP contribution in [0, 0.1) is 0 Å². The summed E-state index contributed by atoms with van der Waals surface area (Å²) in [7, 11) is 0. The van der Waals surface area contributed by atoms with Crippen molar-refractivity contribution in [2.75, 3.05) is 11.4 Å². The van der Waals surface area contributed by atoms with Gasteiger partial charge in [-0.05, 0) is 42.7 Å². The molecule has 1 aliphatic heterocycles. The predicted octanol–water partition coefficient (Wildman–Crippen LogP) is 3.26. The van der Waals surface area contributed by atoms with Crippen LogP contribution in [0.3, 0.4) is 0 Å². The highest BCUT2D eigenvalue weighted by Crippen LogP contribution is 2.34. The van der Waals surface area contributed by atoms with E-state index in [2.05, 4.69) is 22.0 Å². The molecule has 1 aromatic heterocycles. The van der Waals surface area contributed by atoms with E-state index in [0.717, 1.165) is 42.5 Å². The third-order valence-electron chi connectivity index (χ3n) is 3.59. The van der Waals surface area contributed by atoms with Crippen LogP contribution in [0.5, 0.6) is 0 Å². The number of rotatable bonds is 3. The van der Waals surface area contributed by atoms with Crippen molar-refractivity contribution >= 4 is 23.6 Å². The molecule has 0 fully saturated rings. The minimum Gasteiger partial charge on any atom is -0.478 e. The molecular weight excluding hydrogens is 264 g/mol. The summed E-state index contributed by atoms with van der Waals surface area (Å²) in [4.78, 5) is 17.4. The normalized spacial score (nSPS) is 14.2. The number of fused-ring (bicyclic) bond motifs is 1. The molecule has 0 radical (unpaired) electrons. The highest BCUT2D eigenvalue weighted by Gasteiger charge is 2.20. The van der Waals surface area contributed by atoms with Crippen molar-refractivity contribution in [1.82, 2.24) is 4.98 Å². The number of hydrogen-bond acceptors (Lipinski definition) is 3. The molecule has 0 saturated carbocycles. The van der Waals surface area contributed by atoms with Crippen LogP contribution in [0.25, 0.3) is 6.08 Å². The van der Waals surface area contributed by atoms with Crippen LogP contribution in [0.2, 0.25) is 0 Å². The quantitative estimate of drug-likeness (QED) is 0.877. The molecule has 2 aromatic rings. The van der Waals surface area contributed by atoms with Crippen molar-refractivity contribution in [2.24, 2.45) is 0 Å². The van der Waals surface area contributed by atoms with Crippen molar-refractivity contribution in [3.05, 3.63) is 59.8 Å². The molecular formula is C17H16N2O2. The number of aromatic nitrogens is 1. The van der Waals surface area contributed by atoms with Crippen LogP contribution < -0.4 is 4.90 Å². The molecule has 0 aliphatic carbocycles. The monoisotopic (exact) mass is 280 g/mol. The minimum atomic E-state index is -0.955. The molecule has 0 bridgehead atoms. The third kappa shape index (κ3) is 2.79. The summed E-state index contributed by atoms with van der Waals surface area (Å²) in [5.41, 5.74) is 3.28. The van der Waals surface area contributed by atoms with E-state index in [-0.39, 0.29) is 0 Å². The van der Waals surface area contributed by atoms with Crippen molar-refractivity contribution in [1.29, 1.82) is 0 Å². The first kappa shape index (κ1) is 13.4. The zero-order chi connectivity index (χ0) is 14.7. The summed E-state index contributed by atoms with van der Waals surface area (Å²) in [6.07, 6.45) is 6.62. The Balaban J connectivity index is 2.04. The lowest BCUT2D eigenvalue weighted by Crippen LogP contribution is -2.25. The van der Waals surface area contributed by atoms with Gasteiger partial charge in [0.2, 0.25) is 0 Å². The number of hydrogen-bond donors (Lipinski definition) is 1. The van der Waals surface area contributed by atoms with Crippen molar-refractivity contribution in [3.63, 3.8) is 0 Å². The molecule has 1 aliphatic rings. The molecule has 3 rings (SSSR count). The Morgan fingerprint density at radius 3 is 2.95 bits per heavy atom. The minimum absolute atomic E-state index is 0.808. The van der Waals surface area contributed by atoms with E-state index >= 15 is 0 Å². The Morgan fingerprint density at radius 1 is 1.24 bits per heavy atom. The zero-order valence-electron chi connectivity index (χ0n) is 11.6. The summed E-state index contributed by atoms with van der Waals surface area (Å²) >= 11 is 0. The Bertz CT molecular complexity index is 695. The molecule has 1 aromatic carbocycles. The maximum absolute atomic E-state index is 10.7. The zero-order valence-corrected chi connectivity index (χ0v) is 11.6. The Morgan fingerprint density at radius 2 is 2.10 bits per heavy atom. The van der Waals surface area contributed by atoms with Crippen LogP contribution in [-0.2, 0) is 11.2 Å². The fourth-order valence-electron chi connectivity index (χ4n) is 2.68. The van der Waals surface area contributed by atoms with Gasteiger partial charge in [0.25, 0.3) is 0 Å². The number of aryl methyl sites for hydroxylation is 1. The lowest BCUT2D eigenvalue weighted by atomic mass is 10.0. The molecule has 1 N–H and O–H groups in total. The average molecular weight is 280 g/mol. The van der Waals surface area contributed by atoms with Gasteiger partial charge in [-0.3, -0.25) is 0 Å². The molecule has 2 heterocycles. The average Bonchev–Trinajstić information content (AvgIpc) is 2.53. The molecule has 0 spiro atoms. The van der Waals surface area contributed by atoms with Crippen molar-refractivity contribution in [2.45, 2.75) is 12.8 Å². The highest BCUT2D eigenvalue weighted by atomic mass is 16.4. The van der Waals surface area contributed by atoms with Gasteiger partial charge >= 0.3 is 5.97 Å². The molecule has 106 valence electrons. The Kier molecular flexibility index (Phi) is 3.69. The highest BCUT2D eigenvalue weighted by molar-refractivity contribution is 5.87. The van der Waals surface area contributed by atoms with Crippen LogP contribution >= 0.6 is 0 Å². The van der Waals surface area contributed by atoms with Crippen LogP contribution in [0.4, 0.5) is 11.5 Å². The molecule has 0 amide bonds. The molecule has 0 atom stereocenters. The van der Waals surface area contributed by atoms with Crippen LogP contribution in [0.1, 0.15) is 17.5 Å². The van der Waals surface area contributed by atoms with E-state index in [0.29, 0.717) is 0 Å². The van der Waals surface area contributed by atoms with Crippen molar-refractivity contribution in [3.8, 4) is 0 Å². The second-order valence-electron chi connectivity index (χ2n) is 4.97. The third-order valence-corrected chi connectivity index (χ3v) is 3.59. The number of carbonyl (C=O) groups is 1. The van der Waals surface area contributed by atoms with Gasteiger partial charge in [0.05, 0.1) is 0 Å². The van der Waals surface area contributed by atoms with Crippen LogP contribution in [-0.4, -0.2) is 22.6 Å². The summed E-state index contributed by atoms with van der Waals surface area (Å²) in [5, 5.41) is 8.81. The SMILES string of the molecule is O=C(O)/C=C/c1cccnc1N1CCCc2ccccc21. The summed E-state index contributed by atoms with van der Waals surface area (Å²) in [5.74, 6) is -0.147. The Hall–Kier alpha value is -2.62. The van der Waals surface area contributed by atoms with Gasteiger partial charge in [-0.15, -0.1) is 0 Å². The van der Waals surface area contributed by atoms with E-state index in [4.69, 9.17) is 5.11 Å². The fourth-order valence-corrected chi connectivity index (χ4v) is 2.68. The number of aliphatic carboxylic acids is 1. The van der Waals surface area contributed by atoms with Gasteiger partial charge < -0.3 is 10.0 Å². The van der Waals surface area contributed by atoms with Crippen LogP contribution in [0.15, 0.2) is 48.7 Å². The largest absolute Gasteiger partial charge is 0.478 e. The first-order chi connectivity index (χ1) is 10.3. The van der Waals surface area contributed by atoms with E-state index in [9.17, 15) is 4.79 Å². The van der Waals surface area contributed by atoms with Gasteiger partial charge in [-0.1, -0.05) is 18.2 Å². The van der Waals surface area contributed by atoms with E-state index in [1.54, 1.807) is 12.3 Å². The molecule has 0 saturated heterocycles. The summed E-state index contributed by atoms with van der Waals surface area (Å²) in [6, 6.07) is 12.0. The number of para-hydroxylation sites is 1. The first-order valence-corrected chi connectivity index (χ1v) is 6.97. The van der Waals surface area contributed by atoms with Gasteiger partial charge in [-0.2, -0.15) is 0 Å². The fraction of sp³-hybridized carbons (Fsp3) is 0.176. The number of benzene rings is 1. The second kappa shape index (κ2) is 5.79. The van der Waals surface area contributed by atoms with E-state index < -0.39 is 5.97 Å². The second-order valence-corrected chi connectivity index (χ2v) is 4.97. The molecule has 0 unspecified atom stereocenters. The number of carboxylic acid groups (broad SMARTS) is 1. The predicted molar refractivity (Wildman–Crippen MR) is 82.7 cm³/mol. The van der Waals surface area contributed by atoms with Gasteiger partial charge in [0.1, 0.15) is 5.82 Å². The molecule has 4 heteroatoms. The molecule has 4 nitrogen and oxygen atoms in total. The van der Waals surface area contributed by atoms with E-state index in [1.165, 1.54) is 5.56 Å². The maximum atomic E-state index is 10.7. The standard InChI is InChI=1S/C17H16N2O2/c20-16(21)10-9-14-6-3-11-18-17(14)19-12-4-7-13-5-1-2-8-15(13)19/h1-3,5-6,8-11H,4,7,12H2,(H,20,21)/b10-9+. The number of anilines is 2. The number of pyridine rings is 1. The summed E-state index contributed by atoms with van der Waals surface area (Å²) in [6.45, 7) is 0.891. The number of nitrogens with zero attached hydrogens (tertiary/aromatic N) is 2. The maximum Gasteiger partial charge on any atom is 0.328 e. The number of carboxylic acids is 1. The van der Waals surface area contributed by atoms with Gasteiger partial charge in [0.15, 0.2) is 0 Å². The van der Waals surface area contributed by atoms with Crippen molar-refractivity contribution < 1.29 is 9.90 Å². The topological polar surface area (TPSA) is 53.4 Å². The van der Waals surface area contributed by atoms with E-state index in [1.807, 2.05) is 24.3 Å². The summed E-state index contributed by atoms with van der Waals surface area (Å²) < 4.78 is 0. The Labute approximate surface area is 123 Å². The first-order valence-electron chi connectivity index (χ1n) is 6.97. The smallest absolute Gasteiger partial charge is 0.328 e. The van der Waals surface area contributed by atoms with Gasteiger partial charge in [0, 0.05) is 30.1 Å². The lowest BCUT2D eigenvalue weighted by molar-refractivity contribution is -0.131.